The molecule has 1 saturated heterocycles. The van der Waals surface area contributed by atoms with Crippen LogP contribution in [-0.2, 0) is 14.8 Å². The molecule has 0 radical (unpaired) electrons. The number of carbonyl (C=O) groups excluding carboxylic acids is 1. The Morgan fingerprint density at radius 2 is 2.04 bits per heavy atom. The lowest BCUT2D eigenvalue weighted by Gasteiger charge is -2.34. The van der Waals surface area contributed by atoms with Gasteiger partial charge in [0, 0.05) is 24.8 Å². The molecule has 0 bridgehead atoms. The van der Waals surface area contributed by atoms with Crippen LogP contribution in [0.4, 0.5) is 5.69 Å². The van der Waals surface area contributed by atoms with Gasteiger partial charge in [-0.1, -0.05) is 6.07 Å². The number of anilines is 1. The molecule has 1 heterocycles. The lowest BCUT2D eigenvalue weighted by molar-refractivity contribution is -0.130. The van der Waals surface area contributed by atoms with Crippen LogP contribution in [-0.4, -0.2) is 51.2 Å². The third kappa shape index (κ3) is 5.51. The Hall–Kier alpha value is -1.60. The molecule has 0 spiro atoms. The predicted molar refractivity (Wildman–Crippen MR) is 92.0 cm³/mol. The van der Waals surface area contributed by atoms with Crippen molar-refractivity contribution < 1.29 is 13.2 Å². The van der Waals surface area contributed by atoms with Crippen molar-refractivity contribution >= 4 is 21.6 Å². The van der Waals surface area contributed by atoms with Crippen molar-refractivity contribution in [3.8, 4) is 0 Å². The molecule has 2 N–H and O–H groups in total. The fourth-order valence-electron chi connectivity index (χ4n) is 2.69. The molecule has 1 aliphatic heterocycles. The monoisotopic (exact) mass is 339 g/mol. The average molecular weight is 339 g/mol. The van der Waals surface area contributed by atoms with Gasteiger partial charge in [0.1, 0.15) is 0 Å². The van der Waals surface area contributed by atoms with Gasteiger partial charge in [-0.2, -0.15) is 0 Å². The Balaban J connectivity index is 1.92. The topological polar surface area (TPSA) is 78.5 Å². The van der Waals surface area contributed by atoms with Crippen molar-refractivity contribution in [1.82, 2.24) is 9.62 Å². The zero-order valence-corrected chi connectivity index (χ0v) is 14.7. The van der Waals surface area contributed by atoms with Gasteiger partial charge in [0.2, 0.25) is 15.9 Å². The Morgan fingerprint density at radius 1 is 1.30 bits per heavy atom. The van der Waals surface area contributed by atoms with Crippen molar-refractivity contribution in [2.75, 3.05) is 31.2 Å². The molecular weight excluding hydrogens is 314 g/mol. The van der Waals surface area contributed by atoms with Gasteiger partial charge in [-0.25, -0.2) is 13.1 Å². The number of hydrogen-bond donors (Lipinski definition) is 2. The number of likely N-dealkylation sites (tertiary alicyclic amines) is 1. The number of hydrogen-bond acceptors (Lipinski definition) is 4. The summed E-state index contributed by atoms with van der Waals surface area (Å²) in [6.07, 6.45) is 2.96. The minimum Gasteiger partial charge on any atom is -0.381 e. The van der Waals surface area contributed by atoms with Gasteiger partial charge in [0.05, 0.1) is 12.8 Å². The summed E-state index contributed by atoms with van der Waals surface area (Å²) in [4.78, 5) is 13.8. The van der Waals surface area contributed by atoms with Crippen molar-refractivity contribution in [1.29, 1.82) is 0 Å². The SMILES string of the molecule is Cc1ccc(N[C@@H]2CCCN(C(=O)CNS(C)(=O)=O)C2)cc1C. The summed E-state index contributed by atoms with van der Waals surface area (Å²) in [5, 5.41) is 3.47. The Kier molecular flexibility index (Phi) is 5.64. The van der Waals surface area contributed by atoms with E-state index in [1.54, 1.807) is 4.90 Å². The summed E-state index contributed by atoms with van der Waals surface area (Å²) >= 11 is 0. The van der Waals surface area contributed by atoms with Gasteiger partial charge in [0.25, 0.3) is 0 Å². The van der Waals surface area contributed by atoms with E-state index < -0.39 is 10.0 Å². The van der Waals surface area contributed by atoms with E-state index in [1.165, 1.54) is 11.1 Å². The number of nitrogens with one attached hydrogen (secondary N) is 2. The zero-order chi connectivity index (χ0) is 17.0. The van der Waals surface area contributed by atoms with Crippen LogP contribution in [0.1, 0.15) is 24.0 Å². The number of amides is 1. The smallest absolute Gasteiger partial charge is 0.237 e. The van der Waals surface area contributed by atoms with Gasteiger partial charge in [-0.05, 0) is 49.9 Å². The maximum atomic E-state index is 12.1. The van der Waals surface area contributed by atoms with E-state index in [2.05, 4.69) is 36.0 Å². The summed E-state index contributed by atoms with van der Waals surface area (Å²) in [5.41, 5.74) is 3.54. The molecule has 1 aromatic rings. The molecule has 0 unspecified atom stereocenters. The molecule has 0 aromatic heterocycles. The first-order valence-electron chi connectivity index (χ1n) is 7.81. The number of benzene rings is 1. The number of carbonyl (C=O) groups is 1. The Morgan fingerprint density at radius 3 is 2.70 bits per heavy atom. The highest BCUT2D eigenvalue weighted by Gasteiger charge is 2.24. The summed E-state index contributed by atoms with van der Waals surface area (Å²) in [5.74, 6) is -0.179. The average Bonchev–Trinajstić information content (AvgIpc) is 2.48. The highest BCUT2D eigenvalue weighted by Crippen LogP contribution is 2.19. The van der Waals surface area contributed by atoms with Crippen LogP contribution >= 0.6 is 0 Å². The maximum Gasteiger partial charge on any atom is 0.237 e. The first kappa shape index (κ1) is 17.7. The molecule has 1 aliphatic rings. The van der Waals surface area contributed by atoms with Crippen molar-refractivity contribution in [3.05, 3.63) is 29.3 Å². The van der Waals surface area contributed by atoms with Gasteiger partial charge < -0.3 is 10.2 Å². The zero-order valence-electron chi connectivity index (χ0n) is 13.9. The lowest BCUT2D eigenvalue weighted by Crippen LogP contribution is -2.48. The van der Waals surface area contributed by atoms with Crippen LogP contribution in [0.25, 0.3) is 0 Å². The van der Waals surface area contributed by atoms with E-state index in [9.17, 15) is 13.2 Å². The molecule has 7 heteroatoms. The molecule has 1 atom stereocenters. The van der Waals surface area contributed by atoms with Crippen molar-refractivity contribution in [3.63, 3.8) is 0 Å². The molecule has 128 valence electrons. The fraction of sp³-hybridized carbons (Fsp3) is 0.562. The number of nitrogens with zero attached hydrogens (tertiary/aromatic N) is 1. The van der Waals surface area contributed by atoms with Gasteiger partial charge in [0.15, 0.2) is 0 Å². The second-order valence-electron chi connectivity index (χ2n) is 6.22. The standard InChI is InChI=1S/C16H25N3O3S/c1-12-6-7-14(9-13(12)2)18-15-5-4-8-19(11-15)16(20)10-17-23(3,21)22/h6-7,9,15,17-18H,4-5,8,10-11H2,1-3H3/t15-/m1/s1. The first-order chi connectivity index (χ1) is 10.7. The highest BCUT2D eigenvalue weighted by molar-refractivity contribution is 7.88. The molecular formula is C16H25N3O3S. The molecule has 1 fully saturated rings. The summed E-state index contributed by atoms with van der Waals surface area (Å²) in [6, 6.07) is 6.43. The number of piperidine rings is 1. The lowest BCUT2D eigenvalue weighted by atomic mass is 10.0. The predicted octanol–water partition coefficient (Wildman–Crippen LogP) is 1.26. The van der Waals surface area contributed by atoms with E-state index in [0.29, 0.717) is 13.1 Å². The Labute approximate surface area is 138 Å². The van der Waals surface area contributed by atoms with Gasteiger partial charge in [-0.3, -0.25) is 4.79 Å². The van der Waals surface area contributed by atoms with Crippen LogP contribution in [0.3, 0.4) is 0 Å². The van der Waals surface area contributed by atoms with E-state index in [1.807, 2.05) is 6.07 Å². The van der Waals surface area contributed by atoms with E-state index in [4.69, 9.17) is 0 Å². The molecule has 6 nitrogen and oxygen atoms in total. The van der Waals surface area contributed by atoms with E-state index in [-0.39, 0.29) is 18.5 Å². The van der Waals surface area contributed by atoms with Gasteiger partial charge >= 0.3 is 0 Å². The van der Waals surface area contributed by atoms with Crippen molar-refractivity contribution in [2.45, 2.75) is 32.7 Å². The first-order valence-corrected chi connectivity index (χ1v) is 9.70. The Bertz CT molecular complexity index is 673. The highest BCUT2D eigenvalue weighted by atomic mass is 32.2. The minimum atomic E-state index is -3.34. The van der Waals surface area contributed by atoms with Crippen LogP contribution in [0.5, 0.6) is 0 Å². The summed E-state index contributed by atoms with van der Waals surface area (Å²) in [7, 11) is -3.34. The largest absolute Gasteiger partial charge is 0.381 e. The molecule has 23 heavy (non-hydrogen) atoms. The van der Waals surface area contributed by atoms with Crippen LogP contribution in [0.15, 0.2) is 18.2 Å². The fourth-order valence-corrected chi connectivity index (χ4v) is 3.08. The molecule has 2 rings (SSSR count). The molecule has 0 saturated carbocycles. The van der Waals surface area contributed by atoms with E-state index >= 15 is 0 Å². The van der Waals surface area contributed by atoms with Crippen molar-refractivity contribution in [2.24, 2.45) is 0 Å². The molecule has 1 aromatic carbocycles. The quantitative estimate of drug-likeness (QED) is 0.846. The molecule has 0 aliphatic carbocycles. The summed E-state index contributed by atoms with van der Waals surface area (Å²) < 4.78 is 24.4. The third-order valence-electron chi connectivity index (χ3n) is 4.14. The number of aryl methyl sites for hydroxylation is 2. The number of rotatable bonds is 5. The van der Waals surface area contributed by atoms with E-state index in [0.717, 1.165) is 24.8 Å². The summed E-state index contributed by atoms with van der Waals surface area (Å²) in [6.45, 7) is 5.25. The maximum absolute atomic E-state index is 12.1. The van der Waals surface area contributed by atoms with Gasteiger partial charge in [-0.15, -0.1) is 0 Å². The van der Waals surface area contributed by atoms with Crippen LogP contribution in [0, 0.1) is 13.8 Å². The second-order valence-corrected chi connectivity index (χ2v) is 8.05. The third-order valence-corrected chi connectivity index (χ3v) is 4.81. The second kappa shape index (κ2) is 7.31. The normalized spacial score (nSPS) is 18.7. The minimum absolute atomic E-state index is 0.171. The number of sulfonamides is 1. The van der Waals surface area contributed by atoms with Crippen LogP contribution in [0.2, 0.25) is 0 Å². The molecule has 1 amide bonds. The van der Waals surface area contributed by atoms with Crippen LogP contribution < -0.4 is 10.0 Å².